The van der Waals surface area contributed by atoms with Gasteiger partial charge in [-0.15, -0.1) is 0 Å². The van der Waals surface area contributed by atoms with Crippen LogP contribution < -0.4 is 5.46 Å². The summed E-state index contributed by atoms with van der Waals surface area (Å²) >= 11 is 3.55. The molecule has 5 heterocycles. The van der Waals surface area contributed by atoms with Crippen LogP contribution in [0.25, 0.3) is 132 Å². The van der Waals surface area contributed by atoms with E-state index in [2.05, 4.69) is 319 Å². The van der Waals surface area contributed by atoms with Crippen LogP contribution >= 0.6 is 15.9 Å². The average Bonchev–Trinajstić information content (AvgIpc) is 1.44. The van der Waals surface area contributed by atoms with Crippen LogP contribution in [0.1, 0.15) is 27.7 Å². The summed E-state index contributed by atoms with van der Waals surface area (Å²) in [7, 11) is -0.403. The molecule has 8 heteroatoms. The molecule has 0 amide bonds. The van der Waals surface area contributed by atoms with Crippen molar-refractivity contribution >= 4 is 115 Å². The quantitative estimate of drug-likeness (QED) is 0.123. The minimum Gasteiger partial charge on any atom is -0.399 e. The Hall–Kier alpha value is -9.96. The van der Waals surface area contributed by atoms with Crippen LogP contribution in [0.15, 0.2) is 296 Å². The number of hydrogen-bond donors (Lipinski definition) is 0. The Labute approximate surface area is 520 Å². The van der Waals surface area contributed by atoms with Crippen molar-refractivity contribution in [1.82, 2.24) is 19.1 Å². The molecule has 0 aliphatic carbocycles. The first-order valence-electron chi connectivity index (χ1n) is 30.0. The van der Waals surface area contributed by atoms with Crippen molar-refractivity contribution in [3.8, 4) is 44.8 Å². The van der Waals surface area contributed by atoms with Gasteiger partial charge in [0.15, 0.2) is 0 Å². The number of aromatic nitrogens is 4. The molecule has 88 heavy (non-hydrogen) atoms. The van der Waals surface area contributed by atoms with Gasteiger partial charge in [-0.1, -0.05) is 228 Å². The fourth-order valence-electron chi connectivity index (χ4n) is 13.2. The largest absolute Gasteiger partial charge is 0.496 e. The number of para-hydroxylation sites is 2. The Morgan fingerprint density at radius 2 is 0.648 bits per heavy atom. The van der Waals surface area contributed by atoms with E-state index in [9.17, 15) is 0 Å². The molecule has 17 rings (SSSR count). The van der Waals surface area contributed by atoms with E-state index in [1.165, 1.54) is 92.8 Å². The van der Waals surface area contributed by atoms with Gasteiger partial charge in [0.2, 0.25) is 0 Å². The Balaban J connectivity index is 0.000000117. The average molecular weight is 1200 g/mol. The Kier molecular flexibility index (Phi) is 13.9. The third-order valence-electron chi connectivity index (χ3n) is 17.8. The molecule has 0 saturated carbocycles. The molecule has 0 N–H and O–H groups in total. The fourth-order valence-corrected chi connectivity index (χ4v) is 13.6. The van der Waals surface area contributed by atoms with Crippen LogP contribution in [0.3, 0.4) is 0 Å². The molecule has 0 atom stereocenters. The summed E-state index contributed by atoms with van der Waals surface area (Å²) in [6, 6.07) is 98.7. The normalized spacial score (nSPS) is 13.6. The molecule has 1 fully saturated rings. The van der Waals surface area contributed by atoms with E-state index < -0.39 is 7.12 Å². The number of benzene rings is 12. The molecule has 422 valence electrons. The Morgan fingerprint density at radius 1 is 0.318 bits per heavy atom. The van der Waals surface area contributed by atoms with Gasteiger partial charge >= 0.3 is 7.12 Å². The zero-order valence-electron chi connectivity index (χ0n) is 49.3. The van der Waals surface area contributed by atoms with Crippen LogP contribution in [0.2, 0.25) is 0 Å². The predicted octanol–water partition coefficient (Wildman–Crippen LogP) is 20.7. The third kappa shape index (κ3) is 9.44. The number of nitrogens with zero attached hydrogens (tertiary/aromatic N) is 4. The molecule has 4 aromatic heterocycles. The first-order chi connectivity index (χ1) is 43.1. The van der Waals surface area contributed by atoms with Crippen molar-refractivity contribution in [1.29, 1.82) is 0 Å². The Bertz CT molecular complexity index is 5090. The van der Waals surface area contributed by atoms with Gasteiger partial charge in [0.05, 0.1) is 44.3 Å². The lowest BCUT2D eigenvalue weighted by Crippen LogP contribution is -2.41. The van der Waals surface area contributed by atoms with Crippen molar-refractivity contribution in [3.05, 3.63) is 296 Å². The van der Waals surface area contributed by atoms with Crippen LogP contribution in [-0.4, -0.2) is 37.4 Å². The van der Waals surface area contributed by atoms with Crippen LogP contribution in [0.4, 0.5) is 0 Å². The van der Waals surface area contributed by atoms with E-state index >= 15 is 0 Å². The second-order valence-electron chi connectivity index (χ2n) is 23.5. The second-order valence-corrected chi connectivity index (χ2v) is 24.4. The van der Waals surface area contributed by atoms with Crippen LogP contribution in [0, 0.1) is 0 Å². The fraction of sp³-hybridized carbons (Fsp3) is 0.0750. The van der Waals surface area contributed by atoms with Crippen molar-refractivity contribution < 1.29 is 9.31 Å². The summed E-state index contributed by atoms with van der Waals surface area (Å²) in [5.41, 5.74) is 16.8. The van der Waals surface area contributed by atoms with Gasteiger partial charge in [-0.25, -0.2) is 0 Å². The standard InChI is InChI=1S/C37H24N2.C26H25BO2.C17H11BrN2/c1-2-12-25(13-3-1)35-28-16-4-6-18-30(28)36(31-19-7-5-17-29(31)35)26-14-10-15-27(24-26)39-33-21-9-8-20-32(33)37-34(39)22-11-23-38-37;1-25(2)26(3,4)29-27(28-25)24-21-16-10-8-14-19(21)23(18-12-6-5-7-13-18)20-15-9-11-17-22(20)24;18-12-5-3-6-13(11-12)20-15-8-2-1-7-14(15)17-16(20)9-4-10-19-17/h1-24H;5-17H,1-4H3;1-11H. The molecule has 16 aromatic rings. The first kappa shape index (κ1) is 54.7. The van der Waals surface area contributed by atoms with E-state index in [4.69, 9.17) is 14.3 Å². The minimum absolute atomic E-state index is 0.377. The smallest absolute Gasteiger partial charge is 0.399 e. The van der Waals surface area contributed by atoms with Gasteiger partial charge in [0.25, 0.3) is 0 Å². The second kappa shape index (κ2) is 22.4. The first-order valence-corrected chi connectivity index (χ1v) is 30.8. The highest BCUT2D eigenvalue weighted by atomic mass is 79.9. The third-order valence-corrected chi connectivity index (χ3v) is 18.3. The minimum atomic E-state index is -0.403. The van der Waals surface area contributed by atoms with Crippen molar-refractivity contribution in [2.45, 2.75) is 38.9 Å². The zero-order chi connectivity index (χ0) is 59.5. The number of pyridine rings is 2. The Morgan fingerprint density at radius 3 is 1.08 bits per heavy atom. The molecule has 1 aliphatic heterocycles. The van der Waals surface area contributed by atoms with Gasteiger partial charge in [0.1, 0.15) is 0 Å². The molecular weight excluding hydrogens is 1140 g/mol. The maximum Gasteiger partial charge on any atom is 0.496 e. The molecule has 0 spiro atoms. The lowest BCUT2D eigenvalue weighted by Gasteiger charge is -2.32. The number of hydrogen-bond acceptors (Lipinski definition) is 4. The number of rotatable bonds is 6. The van der Waals surface area contributed by atoms with Gasteiger partial charge in [-0.2, -0.15) is 0 Å². The summed E-state index contributed by atoms with van der Waals surface area (Å²) in [6.07, 6.45) is 3.72. The lowest BCUT2D eigenvalue weighted by atomic mass is 9.71. The van der Waals surface area contributed by atoms with Crippen molar-refractivity contribution in [2.75, 3.05) is 0 Å². The molecule has 0 unspecified atom stereocenters. The molecule has 0 radical (unpaired) electrons. The van der Waals surface area contributed by atoms with Gasteiger partial charge in [0, 0.05) is 39.0 Å². The van der Waals surface area contributed by atoms with E-state index in [-0.39, 0.29) is 11.2 Å². The molecule has 12 aromatic carbocycles. The topological polar surface area (TPSA) is 54.1 Å². The van der Waals surface area contributed by atoms with E-state index in [1.807, 2.05) is 30.6 Å². The molecule has 6 nitrogen and oxygen atoms in total. The van der Waals surface area contributed by atoms with E-state index in [1.54, 1.807) is 0 Å². The highest BCUT2D eigenvalue weighted by molar-refractivity contribution is 9.10. The number of halogens is 1. The van der Waals surface area contributed by atoms with Crippen LogP contribution in [0.5, 0.6) is 0 Å². The molecule has 1 saturated heterocycles. The van der Waals surface area contributed by atoms with E-state index in [0.717, 1.165) is 48.9 Å². The van der Waals surface area contributed by atoms with Gasteiger partial charge in [-0.05, 0) is 176 Å². The molecule has 1 aliphatic rings. The molecule has 0 bridgehead atoms. The summed E-state index contributed by atoms with van der Waals surface area (Å²) in [5.74, 6) is 0. The predicted molar refractivity (Wildman–Crippen MR) is 373 cm³/mol. The lowest BCUT2D eigenvalue weighted by molar-refractivity contribution is 0.00578. The van der Waals surface area contributed by atoms with Crippen molar-refractivity contribution in [2.24, 2.45) is 0 Å². The zero-order valence-corrected chi connectivity index (χ0v) is 50.9. The number of fused-ring (bicyclic) bond motifs is 10. The van der Waals surface area contributed by atoms with Gasteiger partial charge < -0.3 is 18.4 Å². The summed E-state index contributed by atoms with van der Waals surface area (Å²) < 4.78 is 18.6. The highest BCUT2D eigenvalue weighted by Gasteiger charge is 2.52. The SMILES string of the molecule is Brc1cccc(-n2c3ccccc3c3ncccc32)c1.CC1(C)OB(c2c3ccccc3c(-c3ccccc3)c3ccccc23)OC1(C)C.c1ccc(-c2c3ccccc3c(-c3cccc(-n4c5ccccc5c5ncccc54)c3)c3ccccc23)cc1. The van der Waals surface area contributed by atoms with Crippen LogP contribution in [-0.2, 0) is 9.31 Å². The molecular formula is C80H60BBrN4O2. The van der Waals surface area contributed by atoms with Gasteiger partial charge in [-0.3, -0.25) is 9.97 Å². The maximum absolute atomic E-state index is 6.49. The summed E-state index contributed by atoms with van der Waals surface area (Å²) in [5, 5.41) is 12.2. The monoisotopic (exact) mass is 1200 g/mol. The van der Waals surface area contributed by atoms with E-state index in [0.29, 0.717) is 0 Å². The van der Waals surface area contributed by atoms with Crippen molar-refractivity contribution in [3.63, 3.8) is 0 Å². The highest BCUT2D eigenvalue weighted by Crippen LogP contribution is 2.45. The maximum atomic E-state index is 6.49. The summed E-state index contributed by atoms with van der Waals surface area (Å²) in [6.45, 7) is 8.43. The summed E-state index contributed by atoms with van der Waals surface area (Å²) in [4.78, 5) is 9.28.